The van der Waals surface area contributed by atoms with Crippen LogP contribution in [0.2, 0.25) is 0 Å². The molecule has 0 aromatic rings. The predicted octanol–water partition coefficient (Wildman–Crippen LogP) is 0.138. The van der Waals surface area contributed by atoms with Gasteiger partial charge in [0.15, 0.2) is 0 Å². The number of aliphatic hydroxyl groups excluding tert-OH is 3. The summed E-state index contributed by atoms with van der Waals surface area (Å²) in [7, 11) is 0. The Kier molecular flexibility index (Phi) is 1.95. The van der Waals surface area contributed by atoms with Crippen LogP contribution in [0.3, 0.4) is 0 Å². The molecule has 2 fully saturated rings. The van der Waals surface area contributed by atoms with Crippen LogP contribution in [0.5, 0.6) is 0 Å². The Morgan fingerprint density at radius 1 is 1.31 bits per heavy atom. The Morgan fingerprint density at radius 2 is 2.00 bits per heavy atom. The van der Waals surface area contributed by atoms with Crippen molar-refractivity contribution in [2.45, 2.75) is 32.3 Å². The molecular formula is C10H18O3. The summed E-state index contributed by atoms with van der Waals surface area (Å²) < 4.78 is 0. The molecule has 13 heavy (non-hydrogen) atoms. The lowest BCUT2D eigenvalue weighted by molar-refractivity contribution is -0.0698. The molecule has 2 aliphatic carbocycles. The molecule has 0 aromatic carbocycles. The first-order chi connectivity index (χ1) is 6.10. The summed E-state index contributed by atoms with van der Waals surface area (Å²) in [6.45, 7) is 2.08. The molecule has 0 unspecified atom stereocenters. The zero-order chi connectivity index (χ0) is 9.69. The van der Waals surface area contributed by atoms with Crippen molar-refractivity contribution < 1.29 is 15.3 Å². The van der Waals surface area contributed by atoms with E-state index in [0.29, 0.717) is 5.92 Å². The lowest BCUT2D eigenvalue weighted by atomic mass is 9.68. The summed E-state index contributed by atoms with van der Waals surface area (Å²) >= 11 is 0. The maximum Gasteiger partial charge on any atom is 0.0627 e. The molecule has 0 radical (unpaired) electrons. The molecule has 0 aromatic heterocycles. The lowest BCUT2D eigenvalue weighted by Gasteiger charge is -2.40. The van der Waals surface area contributed by atoms with Crippen molar-refractivity contribution in [1.29, 1.82) is 0 Å². The minimum absolute atomic E-state index is 0.00171. The molecule has 2 aliphatic rings. The van der Waals surface area contributed by atoms with Crippen molar-refractivity contribution in [3.63, 3.8) is 0 Å². The lowest BCUT2D eigenvalue weighted by Crippen LogP contribution is -2.45. The highest BCUT2D eigenvalue weighted by molar-refractivity contribution is 5.14. The molecule has 76 valence electrons. The third kappa shape index (κ3) is 0.853. The fourth-order valence-corrected chi connectivity index (χ4v) is 3.51. The quantitative estimate of drug-likeness (QED) is 0.575. The van der Waals surface area contributed by atoms with Gasteiger partial charge >= 0.3 is 0 Å². The van der Waals surface area contributed by atoms with Crippen molar-refractivity contribution in [2.75, 3.05) is 13.2 Å². The standard InChI is InChI=1S/C10H18O3/c1-9(5-11)7-2-3-10(9,6-12)8(13)4-7/h7-8,11-13H,2-6H2,1H3/t7-,8+,9-,10-/m0/s1. The van der Waals surface area contributed by atoms with Gasteiger partial charge in [0.1, 0.15) is 0 Å². The van der Waals surface area contributed by atoms with Crippen molar-refractivity contribution in [1.82, 2.24) is 0 Å². The molecule has 3 heteroatoms. The minimum Gasteiger partial charge on any atom is -0.396 e. The fourth-order valence-electron chi connectivity index (χ4n) is 3.51. The summed E-state index contributed by atoms with van der Waals surface area (Å²) in [6, 6.07) is 0. The highest BCUT2D eigenvalue weighted by Crippen LogP contribution is 2.65. The van der Waals surface area contributed by atoms with E-state index in [0.717, 1.165) is 19.3 Å². The second kappa shape index (κ2) is 2.69. The molecule has 4 atom stereocenters. The second-order valence-corrected chi connectivity index (χ2v) is 4.88. The molecule has 2 saturated carbocycles. The highest BCUT2D eigenvalue weighted by Gasteiger charge is 2.65. The van der Waals surface area contributed by atoms with Crippen molar-refractivity contribution in [3.05, 3.63) is 0 Å². The largest absolute Gasteiger partial charge is 0.396 e. The van der Waals surface area contributed by atoms with Gasteiger partial charge in [-0.15, -0.1) is 0 Å². The third-order valence-electron chi connectivity index (χ3n) is 4.73. The van der Waals surface area contributed by atoms with Crippen LogP contribution < -0.4 is 0 Å². The van der Waals surface area contributed by atoms with E-state index in [4.69, 9.17) is 0 Å². The van der Waals surface area contributed by atoms with Crippen LogP contribution in [0, 0.1) is 16.7 Å². The molecule has 0 aliphatic heterocycles. The summed E-state index contributed by atoms with van der Waals surface area (Å²) in [5.74, 6) is 0.389. The van der Waals surface area contributed by atoms with Gasteiger partial charge < -0.3 is 15.3 Å². The molecule has 2 rings (SSSR count). The van der Waals surface area contributed by atoms with E-state index in [1.165, 1.54) is 0 Å². The van der Waals surface area contributed by atoms with Gasteiger partial charge in [0, 0.05) is 17.4 Å². The van der Waals surface area contributed by atoms with Gasteiger partial charge in [-0.3, -0.25) is 0 Å². The molecule has 0 amide bonds. The number of rotatable bonds is 2. The summed E-state index contributed by atoms with van der Waals surface area (Å²) in [6.07, 6.45) is 2.21. The van der Waals surface area contributed by atoms with Crippen molar-refractivity contribution >= 4 is 0 Å². The van der Waals surface area contributed by atoms with Crippen LogP contribution in [0.25, 0.3) is 0 Å². The normalized spacial score (nSPS) is 54.5. The molecule has 2 bridgehead atoms. The van der Waals surface area contributed by atoms with Crippen LogP contribution in [-0.4, -0.2) is 34.6 Å². The van der Waals surface area contributed by atoms with Gasteiger partial charge in [0.25, 0.3) is 0 Å². The van der Waals surface area contributed by atoms with Crippen molar-refractivity contribution in [3.8, 4) is 0 Å². The zero-order valence-corrected chi connectivity index (χ0v) is 8.03. The summed E-state index contributed by atoms with van der Waals surface area (Å²) in [4.78, 5) is 0. The Balaban J connectivity index is 2.39. The van der Waals surface area contributed by atoms with E-state index in [2.05, 4.69) is 0 Å². The Morgan fingerprint density at radius 3 is 2.38 bits per heavy atom. The topological polar surface area (TPSA) is 60.7 Å². The van der Waals surface area contributed by atoms with Gasteiger partial charge in [-0.25, -0.2) is 0 Å². The SMILES string of the molecule is C[C@]1(CO)[C@H]2CC[C@]1(CO)[C@H](O)C2. The first kappa shape index (κ1) is 9.44. The number of hydrogen-bond donors (Lipinski definition) is 3. The minimum atomic E-state index is -0.424. The Hall–Kier alpha value is -0.120. The van der Waals surface area contributed by atoms with E-state index < -0.39 is 11.5 Å². The van der Waals surface area contributed by atoms with Gasteiger partial charge in [-0.1, -0.05) is 6.92 Å². The monoisotopic (exact) mass is 186 g/mol. The van der Waals surface area contributed by atoms with Gasteiger partial charge in [-0.05, 0) is 25.2 Å². The van der Waals surface area contributed by atoms with E-state index >= 15 is 0 Å². The van der Waals surface area contributed by atoms with Gasteiger partial charge in [0.05, 0.1) is 12.7 Å². The number of hydrogen-bond acceptors (Lipinski definition) is 3. The van der Waals surface area contributed by atoms with Crippen LogP contribution in [-0.2, 0) is 0 Å². The fraction of sp³-hybridized carbons (Fsp3) is 1.00. The molecule has 3 nitrogen and oxygen atoms in total. The van der Waals surface area contributed by atoms with E-state index in [-0.39, 0.29) is 18.6 Å². The predicted molar refractivity (Wildman–Crippen MR) is 48.1 cm³/mol. The molecule has 0 saturated heterocycles. The third-order valence-corrected chi connectivity index (χ3v) is 4.73. The van der Waals surface area contributed by atoms with Crippen LogP contribution in [0.4, 0.5) is 0 Å². The summed E-state index contributed by atoms with van der Waals surface area (Å²) in [5.41, 5.74) is -0.687. The highest BCUT2D eigenvalue weighted by atomic mass is 16.3. The number of aliphatic hydroxyl groups is 3. The van der Waals surface area contributed by atoms with Crippen LogP contribution in [0.15, 0.2) is 0 Å². The average molecular weight is 186 g/mol. The second-order valence-electron chi connectivity index (χ2n) is 4.88. The average Bonchev–Trinajstić information content (AvgIpc) is 2.53. The molecule has 0 spiro atoms. The van der Waals surface area contributed by atoms with Gasteiger partial charge in [0.2, 0.25) is 0 Å². The zero-order valence-electron chi connectivity index (χ0n) is 8.03. The first-order valence-corrected chi connectivity index (χ1v) is 5.00. The van der Waals surface area contributed by atoms with Crippen molar-refractivity contribution in [2.24, 2.45) is 16.7 Å². The first-order valence-electron chi connectivity index (χ1n) is 5.00. The number of fused-ring (bicyclic) bond motifs is 2. The molecule has 3 N–H and O–H groups in total. The summed E-state index contributed by atoms with van der Waals surface area (Å²) in [5, 5.41) is 28.7. The van der Waals surface area contributed by atoms with E-state index in [1.54, 1.807) is 0 Å². The maximum absolute atomic E-state index is 9.87. The Bertz CT molecular complexity index is 218. The Labute approximate surface area is 78.4 Å². The molecular weight excluding hydrogens is 168 g/mol. The van der Waals surface area contributed by atoms with Gasteiger partial charge in [-0.2, -0.15) is 0 Å². The van der Waals surface area contributed by atoms with E-state index in [1.807, 2.05) is 6.92 Å². The molecule has 0 heterocycles. The maximum atomic E-state index is 9.87. The van der Waals surface area contributed by atoms with E-state index in [9.17, 15) is 15.3 Å². The van der Waals surface area contributed by atoms with Crippen LogP contribution >= 0.6 is 0 Å². The van der Waals surface area contributed by atoms with Crippen LogP contribution in [0.1, 0.15) is 26.2 Å². The smallest absolute Gasteiger partial charge is 0.0627 e.